The zero-order chi connectivity index (χ0) is 23.2. The molecule has 0 bridgehead atoms. The molecule has 0 spiro atoms. The molecule has 0 unspecified atom stereocenters. The third-order valence-corrected chi connectivity index (χ3v) is 5.25. The molecule has 7 nitrogen and oxygen atoms in total. The summed E-state index contributed by atoms with van der Waals surface area (Å²) in [5, 5.41) is 4.68. The first-order valence-corrected chi connectivity index (χ1v) is 10.6. The first kappa shape index (κ1) is 22.1. The predicted octanol–water partition coefficient (Wildman–Crippen LogP) is 4.87. The lowest BCUT2D eigenvalue weighted by atomic mass is 10.0. The average molecular weight is 445 g/mol. The molecule has 0 aliphatic heterocycles. The highest BCUT2D eigenvalue weighted by atomic mass is 16.5. The molecule has 33 heavy (non-hydrogen) atoms. The first-order chi connectivity index (χ1) is 16.0. The summed E-state index contributed by atoms with van der Waals surface area (Å²) < 4.78 is 16.1. The van der Waals surface area contributed by atoms with Crippen LogP contribution in [0.15, 0.2) is 75.9 Å². The fourth-order valence-electron chi connectivity index (χ4n) is 3.54. The molecule has 0 radical (unpaired) electrons. The molecule has 1 N–H and O–H groups in total. The molecule has 168 valence electrons. The normalized spacial score (nSPS) is 10.8. The number of alkyl carbamates (subject to hydrolysis) is 1. The second-order valence-electron chi connectivity index (χ2n) is 7.57. The largest absolute Gasteiger partial charge is 0.445 e. The lowest BCUT2D eigenvalue weighted by molar-refractivity contribution is -0.134. The molecule has 0 aliphatic rings. The number of benzene rings is 3. The summed E-state index contributed by atoms with van der Waals surface area (Å²) in [7, 11) is 0. The maximum absolute atomic E-state index is 12.3. The summed E-state index contributed by atoms with van der Waals surface area (Å²) >= 11 is 0. The number of amides is 1. The molecule has 0 atom stereocenters. The van der Waals surface area contributed by atoms with Crippen molar-refractivity contribution in [2.45, 2.75) is 26.4 Å². The Kier molecular flexibility index (Phi) is 6.69. The van der Waals surface area contributed by atoms with E-state index < -0.39 is 17.7 Å². The van der Waals surface area contributed by atoms with E-state index in [-0.39, 0.29) is 19.6 Å². The van der Waals surface area contributed by atoms with E-state index >= 15 is 0 Å². The van der Waals surface area contributed by atoms with Crippen LogP contribution in [0.5, 0.6) is 5.75 Å². The molecule has 4 aromatic rings. The Morgan fingerprint density at radius 1 is 0.909 bits per heavy atom. The lowest BCUT2D eigenvalue weighted by Gasteiger charge is -2.11. The van der Waals surface area contributed by atoms with E-state index in [1.54, 1.807) is 31.2 Å². The van der Waals surface area contributed by atoms with Crippen molar-refractivity contribution in [1.82, 2.24) is 5.32 Å². The molecular formula is C26H23NO6. The molecule has 4 rings (SSSR count). The van der Waals surface area contributed by atoms with Crippen LogP contribution in [0.2, 0.25) is 0 Å². The molecular weight excluding hydrogens is 422 g/mol. The number of aryl methyl sites for hydroxylation is 1. The number of ether oxygens (including phenoxy) is 2. The van der Waals surface area contributed by atoms with E-state index in [2.05, 4.69) is 5.32 Å². The highest BCUT2D eigenvalue weighted by molar-refractivity contribution is 6.05. The maximum Gasteiger partial charge on any atom is 0.407 e. The minimum Gasteiger partial charge on any atom is -0.445 e. The van der Waals surface area contributed by atoms with Crippen molar-refractivity contribution < 1.29 is 23.5 Å². The highest BCUT2D eigenvalue weighted by Gasteiger charge is 2.14. The van der Waals surface area contributed by atoms with Gasteiger partial charge in [0.05, 0.1) is 5.39 Å². The van der Waals surface area contributed by atoms with Crippen molar-refractivity contribution in [1.29, 1.82) is 0 Å². The number of fused-ring (bicyclic) bond motifs is 3. The van der Waals surface area contributed by atoms with Gasteiger partial charge in [0, 0.05) is 23.9 Å². The molecule has 0 saturated heterocycles. The molecule has 1 amide bonds. The SMILES string of the molecule is Cc1c(OC(=O)CCCNC(=O)OCc2ccccc2)ccc2c1oc(=O)c1ccccc12. The van der Waals surface area contributed by atoms with Gasteiger partial charge in [-0.1, -0.05) is 48.5 Å². The van der Waals surface area contributed by atoms with Crippen LogP contribution in [-0.2, 0) is 16.1 Å². The standard InChI is InChI=1S/C26H23NO6/c1-17-22(14-13-20-19-10-5-6-11-21(19)25(29)33-24(17)20)32-23(28)12-7-15-27-26(30)31-16-18-8-3-2-4-9-18/h2-6,8-11,13-14H,7,12,15-16H2,1H3,(H,27,30). The van der Waals surface area contributed by atoms with Gasteiger partial charge >= 0.3 is 17.7 Å². The van der Waals surface area contributed by atoms with Crippen LogP contribution in [0.25, 0.3) is 21.7 Å². The number of hydrogen-bond acceptors (Lipinski definition) is 6. The summed E-state index contributed by atoms with van der Waals surface area (Å²) in [5.74, 6) is -0.110. The molecule has 0 saturated carbocycles. The van der Waals surface area contributed by atoms with Crippen LogP contribution < -0.4 is 15.7 Å². The van der Waals surface area contributed by atoms with E-state index in [4.69, 9.17) is 13.9 Å². The van der Waals surface area contributed by atoms with Crippen molar-refractivity contribution in [3.05, 3.63) is 88.3 Å². The van der Waals surface area contributed by atoms with Gasteiger partial charge in [0.15, 0.2) is 0 Å². The average Bonchev–Trinajstić information content (AvgIpc) is 2.83. The van der Waals surface area contributed by atoms with Crippen LogP contribution in [0.3, 0.4) is 0 Å². The highest BCUT2D eigenvalue weighted by Crippen LogP contribution is 2.31. The summed E-state index contributed by atoms with van der Waals surface area (Å²) in [5.41, 5.74) is 1.43. The van der Waals surface area contributed by atoms with Crippen LogP contribution >= 0.6 is 0 Å². The number of nitrogens with one attached hydrogen (secondary N) is 1. The number of esters is 1. The zero-order valence-electron chi connectivity index (χ0n) is 18.1. The van der Waals surface area contributed by atoms with Crippen molar-refractivity contribution in [3.8, 4) is 5.75 Å². The van der Waals surface area contributed by atoms with E-state index in [1.807, 2.05) is 42.5 Å². The number of hydrogen-bond donors (Lipinski definition) is 1. The molecule has 1 heterocycles. The van der Waals surface area contributed by atoms with Crippen LogP contribution in [0.1, 0.15) is 24.0 Å². The second-order valence-corrected chi connectivity index (χ2v) is 7.57. The van der Waals surface area contributed by atoms with Crippen molar-refractivity contribution in [3.63, 3.8) is 0 Å². The van der Waals surface area contributed by atoms with Crippen LogP contribution in [-0.4, -0.2) is 18.6 Å². The van der Waals surface area contributed by atoms with Crippen molar-refractivity contribution in [2.24, 2.45) is 0 Å². The number of carbonyl (C=O) groups excluding carboxylic acids is 2. The Bertz CT molecular complexity index is 1360. The zero-order valence-corrected chi connectivity index (χ0v) is 18.1. The van der Waals surface area contributed by atoms with Gasteiger partial charge in [0.25, 0.3) is 0 Å². The van der Waals surface area contributed by atoms with E-state index in [9.17, 15) is 14.4 Å². The smallest absolute Gasteiger partial charge is 0.407 e. The first-order valence-electron chi connectivity index (χ1n) is 10.6. The Morgan fingerprint density at radius 3 is 2.42 bits per heavy atom. The Balaban J connectivity index is 1.31. The summed E-state index contributed by atoms with van der Waals surface area (Å²) in [6, 6.07) is 20.1. The molecule has 0 aliphatic carbocycles. The van der Waals surface area contributed by atoms with Gasteiger partial charge in [-0.3, -0.25) is 4.79 Å². The number of carbonyl (C=O) groups is 2. The summed E-state index contributed by atoms with van der Waals surface area (Å²) in [4.78, 5) is 36.3. The van der Waals surface area contributed by atoms with Gasteiger partial charge < -0.3 is 19.2 Å². The van der Waals surface area contributed by atoms with E-state index in [1.165, 1.54) is 0 Å². The van der Waals surface area contributed by atoms with Crippen LogP contribution in [0, 0.1) is 6.92 Å². The molecule has 1 aromatic heterocycles. The van der Waals surface area contributed by atoms with Crippen molar-refractivity contribution in [2.75, 3.05) is 6.54 Å². The van der Waals surface area contributed by atoms with Gasteiger partial charge in [-0.25, -0.2) is 9.59 Å². The molecule has 3 aromatic carbocycles. The summed E-state index contributed by atoms with van der Waals surface area (Å²) in [6.45, 7) is 2.20. The van der Waals surface area contributed by atoms with E-state index in [0.717, 1.165) is 16.3 Å². The van der Waals surface area contributed by atoms with Crippen LogP contribution in [0.4, 0.5) is 4.79 Å². The minimum atomic E-state index is -0.542. The third kappa shape index (κ3) is 5.20. The second kappa shape index (κ2) is 9.99. The lowest BCUT2D eigenvalue weighted by Crippen LogP contribution is -2.26. The van der Waals surface area contributed by atoms with Gasteiger partial charge in [-0.15, -0.1) is 0 Å². The molecule has 0 fully saturated rings. The monoisotopic (exact) mass is 445 g/mol. The Morgan fingerprint density at radius 2 is 1.64 bits per heavy atom. The minimum absolute atomic E-state index is 0.109. The maximum atomic E-state index is 12.3. The number of rotatable bonds is 7. The van der Waals surface area contributed by atoms with Gasteiger partial charge in [-0.05, 0) is 42.5 Å². The quantitative estimate of drug-likeness (QED) is 0.143. The fraction of sp³-hybridized carbons (Fsp3) is 0.192. The fourth-order valence-corrected chi connectivity index (χ4v) is 3.54. The predicted molar refractivity (Wildman–Crippen MR) is 124 cm³/mol. The summed E-state index contributed by atoms with van der Waals surface area (Å²) in [6.07, 6.45) is -0.0381. The Hall–Kier alpha value is -4.13. The van der Waals surface area contributed by atoms with Crippen molar-refractivity contribution >= 4 is 33.8 Å². The van der Waals surface area contributed by atoms with E-state index in [0.29, 0.717) is 28.7 Å². The topological polar surface area (TPSA) is 94.8 Å². The molecule has 7 heteroatoms. The van der Waals surface area contributed by atoms with Gasteiger partial charge in [0.1, 0.15) is 17.9 Å². The van der Waals surface area contributed by atoms with Gasteiger partial charge in [0.2, 0.25) is 0 Å². The Labute approximate surface area is 189 Å². The van der Waals surface area contributed by atoms with Gasteiger partial charge in [-0.2, -0.15) is 0 Å². The third-order valence-electron chi connectivity index (χ3n) is 5.25.